The van der Waals surface area contributed by atoms with Gasteiger partial charge in [-0.15, -0.1) is 11.3 Å². The lowest BCUT2D eigenvalue weighted by Crippen LogP contribution is -2.38. The van der Waals surface area contributed by atoms with Gasteiger partial charge in [-0.1, -0.05) is 12.8 Å². The average Bonchev–Trinajstić information content (AvgIpc) is 3.18. The maximum absolute atomic E-state index is 12.7. The van der Waals surface area contributed by atoms with Crippen molar-refractivity contribution in [1.82, 2.24) is 25.1 Å². The highest BCUT2D eigenvalue weighted by molar-refractivity contribution is 7.17. The molecule has 1 aliphatic rings. The Labute approximate surface area is 138 Å². The monoisotopic (exact) mass is 335 g/mol. The highest BCUT2D eigenvalue weighted by Gasteiger charge is 2.27. The fourth-order valence-corrected chi connectivity index (χ4v) is 4.02. The summed E-state index contributed by atoms with van der Waals surface area (Å²) in [4.78, 5) is 23.5. The molecule has 2 aromatic rings. The predicted molar refractivity (Wildman–Crippen MR) is 87.2 cm³/mol. The van der Waals surface area contributed by atoms with Crippen molar-refractivity contribution in [2.75, 3.05) is 13.6 Å². The van der Waals surface area contributed by atoms with Gasteiger partial charge in [0, 0.05) is 19.5 Å². The minimum Gasteiger partial charge on any atom is -0.393 e. The Balaban J connectivity index is 1.72. The Bertz CT molecular complexity index is 669. The summed E-state index contributed by atoms with van der Waals surface area (Å²) in [5.74, 6) is 0.686. The first-order chi connectivity index (χ1) is 11.1. The van der Waals surface area contributed by atoms with Crippen LogP contribution in [0.3, 0.4) is 0 Å². The zero-order valence-electron chi connectivity index (χ0n) is 13.3. The molecule has 3 rings (SSSR count). The molecule has 2 unspecified atom stereocenters. The summed E-state index contributed by atoms with van der Waals surface area (Å²) in [5, 5.41) is 17.3. The lowest BCUT2D eigenvalue weighted by molar-refractivity contribution is 0.0453. The minimum atomic E-state index is -0.300. The molecule has 1 saturated carbocycles. The van der Waals surface area contributed by atoms with Gasteiger partial charge in [0.25, 0.3) is 5.91 Å². The summed E-state index contributed by atoms with van der Waals surface area (Å²) in [6.45, 7) is 2.40. The van der Waals surface area contributed by atoms with E-state index in [1.807, 2.05) is 6.92 Å². The quantitative estimate of drug-likeness (QED) is 0.889. The van der Waals surface area contributed by atoms with Crippen LogP contribution in [-0.4, -0.2) is 55.8 Å². The summed E-state index contributed by atoms with van der Waals surface area (Å²) in [7, 11) is 1.79. The zero-order chi connectivity index (χ0) is 16.4. The van der Waals surface area contributed by atoms with Crippen LogP contribution >= 0.6 is 11.3 Å². The van der Waals surface area contributed by atoms with Crippen molar-refractivity contribution in [3.05, 3.63) is 16.9 Å². The lowest BCUT2D eigenvalue weighted by Gasteiger charge is -2.31. The molecule has 0 spiro atoms. The molecule has 1 aliphatic carbocycles. The number of H-pyrrole nitrogens is 1. The van der Waals surface area contributed by atoms with Gasteiger partial charge >= 0.3 is 0 Å². The van der Waals surface area contributed by atoms with Crippen LogP contribution in [0.2, 0.25) is 0 Å². The molecule has 124 valence electrons. The second-order valence-corrected chi connectivity index (χ2v) is 7.06. The van der Waals surface area contributed by atoms with E-state index in [0.717, 1.165) is 25.7 Å². The predicted octanol–water partition coefficient (Wildman–Crippen LogP) is 1.86. The SMILES string of the molecule is Cc1nc(-c2ncn[nH]2)sc1C(=O)N(C)CC1CCCCC1O. The van der Waals surface area contributed by atoms with E-state index < -0.39 is 0 Å². The van der Waals surface area contributed by atoms with E-state index in [4.69, 9.17) is 0 Å². The van der Waals surface area contributed by atoms with Gasteiger partial charge in [0.05, 0.1) is 11.8 Å². The fourth-order valence-electron chi connectivity index (χ4n) is 3.01. The molecule has 0 aromatic carbocycles. The topological polar surface area (TPSA) is 95.0 Å². The van der Waals surface area contributed by atoms with Crippen molar-refractivity contribution in [2.24, 2.45) is 5.92 Å². The van der Waals surface area contributed by atoms with Crippen LogP contribution in [0, 0.1) is 12.8 Å². The van der Waals surface area contributed by atoms with Crippen LogP contribution in [0.25, 0.3) is 10.8 Å². The number of carbonyl (C=O) groups excluding carboxylic acids is 1. The number of amides is 1. The van der Waals surface area contributed by atoms with E-state index in [0.29, 0.717) is 27.9 Å². The van der Waals surface area contributed by atoms with Gasteiger partial charge in [0.15, 0.2) is 10.8 Å². The van der Waals surface area contributed by atoms with Gasteiger partial charge in [-0.3, -0.25) is 9.89 Å². The van der Waals surface area contributed by atoms with E-state index in [9.17, 15) is 9.90 Å². The smallest absolute Gasteiger partial charge is 0.265 e. The minimum absolute atomic E-state index is 0.0523. The molecule has 1 fully saturated rings. The molecule has 1 amide bonds. The summed E-state index contributed by atoms with van der Waals surface area (Å²) >= 11 is 1.32. The molecule has 23 heavy (non-hydrogen) atoms. The summed E-state index contributed by atoms with van der Waals surface area (Å²) in [6.07, 6.45) is 5.13. The first-order valence-corrected chi connectivity index (χ1v) is 8.64. The van der Waals surface area contributed by atoms with Crippen LogP contribution in [0.15, 0.2) is 6.33 Å². The highest BCUT2D eigenvalue weighted by Crippen LogP contribution is 2.28. The third-order valence-electron chi connectivity index (χ3n) is 4.33. The highest BCUT2D eigenvalue weighted by atomic mass is 32.1. The molecule has 2 N–H and O–H groups in total. The fraction of sp³-hybridized carbons (Fsp3) is 0.600. The van der Waals surface area contributed by atoms with Crippen molar-refractivity contribution in [1.29, 1.82) is 0 Å². The summed E-state index contributed by atoms with van der Waals surface area (Å²) < 4.78 is 0. The molecule has 7 nitrogen and oxygen atoms in total. The third kappa shape index (κ3) is 3.42. The number of hydrogen-bond acceptors (Lipinski definition) is 6. The van der Waals surface area contributed by atoms with Gasteiger partial charge in [0.1, 0.15) is 11.2 Å². The molecule has 0 aliphatic heterocycles. The number of rotatable bonds is 4. The number of nitrogens with zero attached hydrogens (tertiary/aromatic N) is 4. The standard InChI is InChI=1S/C15H21N5O2S/c1-9-12(23-14(18-9)13-16-8-17-19-13)15(22)20(2)7-10-5-3-4-6-11(10)21/h8,10-11,21H,3-7H2,1-2H3,(H,16,17,19). The van der Waals surface area contributed by atoms with E-state index in [2.05, 4.69) is 20.2 Å². The summed E-state index contributed by atoms with van der Waals surface area (Å²) in [6, 6.07) is 0. The van der Waals surface area contributed by atoms with E-state index >= 15 is 0 Å². The summed E-state index contributed by atoms with van der Waals surface area (Å²) in [5.41, 5.74) is 0.697. The number of aliphatic hydroxyl groups is 1. The van der Waals surface area contributed by atoms with Crippen molar-refractivity contribution in [3.8, 4) is 10.8 Å². The molecule has 2 atom stereocenters. The number of aliphatic hydroxyl groups excluding tert-OH is 1. The first-order valence-electron chi connectivity index (χ1n) is 7.83. The molecule has 0 saturated heterocycles. The Morgan fingerprint density at radius 1 is 1.48 bits per heavy atom. The Kier molecular flexibility index (Phi) is 4.72. The van der Waals surface area contributed by atoms with Crippen LogP contribution in [0.4, 0.5) is 0 Å². The van der Waals surface area contributed by atoms with Gasteiger partial charge in [-0.25, -0.2) is 9.97 Å². The number of nitrogens with one attached hydrogen (secondary N) is 1. The van der Waals surface area contributed by atoms with Crippen molar-refractivity contribution < 1.29 is 9.90 Å². The van der Waals surface area contributed by atoms with E-state index in [1.165, 1.54) is 17.7 Å². The molecule has 0 radical (unpaired) electrons. The van der Waals surface area contributed by atoms with E-state index in [1.54, 1.807) is 11.9 Å². The van der Waals surface area contributed by atoms with Crippen molar-refractivity contribution in [2.45, 2.75) is 38.7 Å². The number of thiazole rings is 1. The van der Waals surface area contributed by atoms with Crippen LogP contribution in [0.5, 0.6) is 0 Å². The average molecular weight is 335 g/mol. The number of hydrogen-bond donors (Lipinski definition) is 2. The first kappa shape index (κ1) is 16.1. The largest absolute Gasteiger partial charge is 0.393 e. The van der Waals surface area contributed by atoms with Gasteiger partial charge in [-0.2, -0.15) is 5.10 Å². The Hall–Kier alpha value is -1.80. The molecule has 2 heterocycles. The molecule has 8 heteroatoms. The molecular weight excluding hydrogens is 314 g/mol. The zero-order valence-corrected chi connectivity index (χ0v) is 14.1. The second kappa shape index (κ2) is 6.76. The molecule has 2 aromatic heterocycles. The molecule has 0 bridgehead atoms. The van der Waals surface area contributed by atoms with Crippen LogP contribution in [0.1, 0.15) is 41.0 Å². The Morgan fingerprint density at radius 3 is 2.96 bits per heavy atom. The van der Waals surface area contributed by atoms with Crippen LogP contribution < -0.4 is 0 Å². The normalized spacial score (nSPS) is 21.3. The second-order valence-electron chi connectivity index (χ2n) is 6.07. The van der Waals surface area contributed by atoms with Crippen molar-refractivity contribution >= 4 is 17.2 Å². The lowest BCUT2D eigenvalue weighted by atomic mass is 9.86. The third-order valence-corrected chi connectivity index (χ3v) is 5.48. The Morgan fingerprint density at radius 2 is 2.26 bits per heavy atom. The maximum Gasteiger partial charge on any atom is 0.265 e. The number of aryl methyl sites for hydroxylation is 1. The van der Waals surface area contributed by atoms with Gasteiger partial charge in [-0.05, 0) is 19.8 Å². The maximum atomic E-state index is 12.7. The van der Waals surface area contributed by atoms with Gasteiger partial charge < -0.3 is 10.0 Å². The van der Waals surface area contributed by atoms with E-state index in [-0.39, 0.29) is 17.9 Å². The van der Waals surface area contributed by atoms with Crippen LogP contribution in [-0.2, 0) is 0 Å². The number of aromatic nitrogens is 4. The van der Waals surface area contributed by atoms with Gasteiger partial charge in [0.2, 0.25) is 0 Å². The van der Waals surface area contributed by atoms with Crippen molar-refractivity contribution in [3.63, 3.8) is 0 Å². The molecular formula is C15H21N5O2S. The number of carbonyl (C=O) groups is 1. The number of aromatic amines is 1.